The van der Waals surface area contributed by atoms with Gasteiger partial charge in [-0.25, -0.2) is 0 Å². The van der Waals surface area contributed by atoms with Gasteiger partial charge in [0, 0.05) is 19.7 Å². The smallest absolute Gasteiger partial charge is 0.137 e. The highest BCUT2D eigenvalue weighted by atomic mass is 16.6. The first-order chi connectivity index (χ1) is 5.38. The highest BCUT2D eigenvalue weighted by molar-refractivity contribution is 4.81. The molecule has 2 rings (SSSR count). The maximum Gasteiger partial charge on any atom is 0.137 e. The third kappa shape index (κ3) is 1.72. The normalized spacial score (nSPS) is 40.1. The van der Waals surface area contributed by atoms with Gasteiger partial charge in [-0.05, 0) is 13.3 Å². The molecule has 64 valence electrons. The Balaban J connectivity index is 1.82. The van der Waals surface area contributed by atoms with Gasteiger partial charge in [-0.3, -0.25) is 4.90 Å². The molecular formula is C8H15NO2. The molecule has 2 atom stereocenters. The summed E-state index contributed by atoms with van der Waals surface area (Å²) in [6, 6.07) is 0. The summed E-state index contributed by atoms with van der Waals surface area (Å²) in [5.41, 5.74) is 0. The van der Waals surface area contributed by atoms with E-state index in [9.17, 15) is 0 Å². The molecule has 0 N–H and O–H groups in total. The molecule has 2 fully saturated rings. The van der Waals surface area contributed by atoms with E-state index in [0.29, 0.717) is 12.3 Å². The van der Waals surface area contributed by atoms with E-state index in [1.54, 1.807) is 0 Å². The molecule has 2 aliphatic heterocycles. The molecule has 0 aromatic carbocycles. The van der Waals surface area contributed by atoms with Crippen LogP contribution in [0.25, 0.3) is 0 Å². The molecule has 3 heteroatoms. The lowest BCUT2D eigenvalue weighted by Gasteiger charge is -2.15. The van der Waals surface area contributed by atoms with Crippen LogP contribution in [0.2, 0.25) is 0 Å². The number of rotatable bonds is 1. The van der Waals surface area contributed by atoms with E-state index < -0.39 is 0 Å². The minimum Gasteiger partial charge on any atom is -0.380 e. The van der Waals surface area contributed by atoms with Gasteiger partial charge in [0.1, 0.15) is 6.23 Å². The minimum atomic E-state index is 0.400. The molecule has 0 saturated carbocycles. The molecule has 0 amide bonds. The number of ether oxygens (including phenoxy) is 2. The van der Waals surface area contributed by atoms with Crippen molar-refractivity contribution in [3.8, 4) is 0 Å². The fourth-order valence-corrected chi connectivity index (χ4v) is 1.58. The Labute approximate surface area is 67.3 Å². The lowest BCUT2D eigenvalue weighted by Crippen LogP contribution is -2.30. The molecule has 3 nitrogen and oxygen atoms in total. The summed E-state index contributed by atoms with van der Waals surface area (Å²) in [6.07, 6.45) is 2.00. The molecule has 0 aromatic heterocycles. The van der Waals surface area contributed by atoms with Gasteiger partial charge in [-0.2, -0.15) is 0 Å². The number of hydrogen-bond acceptors (Lipinski definition) is 3. The average Bonchev–Trinajstić information content (AvgIpc) is 2.71. The summed E-state index contributed by atoms with van der Waals surface area (Å²) in [5, 5.41) is 0. The molecule has 0 aromatic rings. The summed E-state index contributed by atoms with van der Waals surface area (Å²) in [7, 11) is 0. The monoisotopic (exact) mass is 157 g/mol. The van der Waals surface area contributed by atoms with Crippen LogP contribution < -0.4 is 0 Å². The van der Waals surface area contributed by atoms with E-state index in [1.807, 2.05) is 0 Å². The predicted molar refractivity (Wildman–Crippen MR) is 41.3 cm³/mol. The van der Waals surface area contributed by atoms with Crippen LogP contribution in [-0.4, -0.2) is 43.5 Å². The fourth-order valence-electron chi connectivity index (χ4n) is 1.58. The van der Waals surface area contributed by atoms with Crippen LogP contribution in [0, 0.1) is 0 Å². The lowest BCUT2D eigenvalue weighted by atomic mass is 10.3. The lowest BCUT2D eigenvalue weighted by molar-refractivity contribution is 0.128. The molecule has 2 unspecified atom stereocenters. The second kappa shape index (κ2) is 3.09. The van der Waals surface area contributed by atoms with Crippen molar-refractivity contribution in [2.75, 3.05) is 26.3 Å². The van der Waals surface area contributed by atoms with E-state index in [-0.39, 0.29) is 0 Å². The number of hydrogen-bond donors (Lipinski definition) is 0. The second-order valence-electron chi connectivity index (χ2n) is 3.23. The Bertz CT molecular complexity index is 132. The maximum atomic E-state index is 5.38. The fraction of sp³-hybridized carbons (Fsp3) is 1.00. The summed E-state index contributed by atoms with van der Waals surface area (Å²) in [6.45, 7) is 6.07. The van der Waals surface area contributed by atoms with E-state index in [0.717, 1.165) is 32.7 Å². The van der Waals surface area contributed by atoms with E-state index in [2.05, 4.69) is 11.8 Å². The predicted octanol–water partition coefficient (Wildman–Crippen LogP) is 0.454. The summed E-state index contributed by atoms with van der Waals surface area (Å²) >= 11 is 0. The minimum absolute atomic E-state index is 0.400. The van der Waals surface area contributed by atoms with Crippen LogP contribution in [0.15, 0.2) is 0 Å². The van der Waals surface area contributed by atoms with Gasteiger partial charge in [-0.15, -0.1) is 0 Å². The summed E-state index contributed by atoms with van der Waals surface area (Å²) in [4.78, 5) is 2.37. The van der Waals surface area contributed by atoms with Crippen LogP contribution in [0.4, 0.5) is 0 Å². The van der Waals surface area contributed by atoms with Crippen molar-refractivity contribution in [3.05, 3.63) is 0 Å². The Morgan fingerprint density at radius 2 is 2.09 bits per heavy atom. The Hall–Kier alpha value is -0.120. The maximum absolute atomic E-state index is 5.38. The zero-order valence-corrected chi connectivity index (χ0v) is 6.95. The van der Waals surface area contributed by atoms with Crippen LogP contribution in [0.3, 0.4) is 0 Å². The average molecular weight is 157 g/mol. The first-order valence-corrected chi connectivity index (χ1v) is 4.35. The summed E-state index contributed by atoms with van der Waals surface area (Å²) in [5.74, 6) is 0. The molecule has 2 saturated heterocycles. The number of nitrogens with zero attached hydrogens (tertiary/aromatic N) is 1. The van der Waals surface area contributed by atoms with Gasteiger partial charge in [0.05, 0.1) is 12.7 Å². The van der Waals surface area contributed by atoms with Crippen molar-refractivity contribution in [2.24, 2.45) is 0 Å². The third-order valence-corrected chi connectivity index (χ3v) is 2.30. The molecule has 2 heterocycles. The molecule has 0 aliphatic carbocycles. The Kier molecular flexibility index (Phi) is 2.11. The highest BCUT2D eigenvalue weighted by Gasteiger charge is 2.39. The quantitative estimate of drug-likeness (QED) is 0.517. The van der Waals surface area contributed by atoms with Crippen LogP contribution in [-0.2, 0) is 9.47 Å². The van der Waals surface area contributed by atoms with Crippen molar-refractivity contribution in [3.63, 3.8) is 0 Å². The Morgan fingerprint density at radius 1 is 1.27 bits per heavy atom. The van der Waals surface area contributed by atoms with Gasteiger partial charge >= 0.3 is 0 Å². The molecule has 11 heavy (non-hydrogen) atoms. The van der Waals surface area contributed by atoms with Crippen molar-refractivity contribution in [1.29, 1.82) is 0 Å². The molecule has 0 spiro atoms. The van der Waals surface area contributed by atoms with Gasteiger partial charge < -0.3 is 9.47 Å². The highest BCUT2D eigenvalue weighted by Crippen LogP contribution is 2.25. The van der Waals surface area contributed by atoms with Gasteiger partial charge in [0.15, 0.2) is 0 Å². The second-order valence-corrected chi connectivity index (χ2v) is 3.23. The SMILES string of the molecule is CC1OC1N1CCCOCC1. The standard InChI is InChI=1S/C8H15NO2/c1-7-8(11-7)9-3-2-5-10-6-4-9/h7-8H,2-6H2,1H3. The first-order valence-electron chi connectivity index (χ1n) is 4.35. The molecular weight excluding hydrogens is 142 g/mol. The van der Waals surface area contributed by atoms with Crippen molar-refractivity contribution in [1.82, 2.24) is 4.90 Å². The largest absolute Gasteiger partial charge is 0.380 e. The molecule has 0 radical (unpaired) electrons. The van der Waals surface area contributed by atoms with Crippen molar-refractivity contribution >= 4 is 0 Å². The zero-order chi connectivity index (χ0) is 7.68. The number of epoxide rings is 1. The van der Waals surface area contributed by atoms with Crippen molar-refractivity contribution in [2.45, 2.75) is 25.7 Å². The van der Waals surface area contributed by atoms with Gasteiger partial charge in [0.2, 0.25) is 0 Å². The van der Waals surface area contributed by atoms with Crippen molar-refractivity contribution < 1.29 is 9.47 Å². The molecule has 2 aliphatic rings. The van der Waals surface area contributed by atoms with Crippen LogP contribution in [0.5, 0.6) is 0 Å². The zero-order valence-electron chi connectivity index (χ0n) is 6.95. The van der Waals surface area contributed by atoms with E-state index in [1.165, 1.54) is 0 Å². The molecule has 0 bridgehead atoms. The van der Waals surface area contributed by atoms with Gasteiger partial charge in [0.25, 0.3) is 0 Å². The summed E-state index contributed by atoms with van der Waals surface area (Å²) < 4.78 is 10.7. The van der Waals surface area contributed by atoms with Crippen LogP contribution >= 0.6 is 0 Å². The van der Waals surface area contributed by atoms with Crippen LogP contribution in [0.1, 0.15) is 13.3 Å². The van der Waals surface area contributed by atoms with Gasteiger partial charge in [-0.1, -0.05) is 0 Å². The Morgan fingerprint density at radius 3 is 2.82 bits per heavy atom. The van der Waals surface area contributed by atoms with E-state index in [4.69, 9.17) is 9.47 Å². The first kappa shape index (κ1) is 7.53. The van der Waals surface area contributed by atoms with E-state index >= 15 is 0 Å². The topological polar surface area (TPSA) is 25.0 Å². The third-order valence-electron chi connectivity index (χ3n) is 2.30.